The molecule has 12 heavy (non-hydrogen) atoms. The molecular weight excluding hydrogens is 172 g/mol. The van der Waals surface area contributed by atoms with Gasteiger partial charge >= 0.3 is 0 Å². The molecule has 0 aliphatic carbocycles. The quantitative estimate of drug-likeness (QED) is 0.658. The fraction of sp³-hybridized carbons (Fsp3) is 0.200. The van der Waals surface area contributed by atoms with Gasteiger partial charge in [-0.2, -0.15) is 0 Å². The summed E-state index contributed by atoms with van der Waals surface area (Å²) in [6.07, 6.45) is -0.702. The molecule has 1 aromatic carbocycles. The van der Waals surface area contributed by atoms with Crippen molar-refractivity contribution in [1.82, 2.24) is 0 Å². The highest BCUT2D eigenvalue weighted by Crippen LogP contribution is 2.15. The van der Waals surface area contributed by atoms with Crippen LogP contribution in [0.25, 0.3) is 0 Å². The Morgan fingerprint density at radius 2 is 1.92 bits per heavy atom. The minimum absolute atomic E-state index is 0.662. The zero-order valence-corrected chi connectivity index (χ0v) is 7.47. The molecular formula is C10H9ClO. The fourth-order valence-corrected chi connectivity index (χ4v) is 0.991. The molecule has 1 N–H and O–H groups in total. The molecule has 1 rings (SSSR count). The molecule has 0 amide bonds. The summed E-state index contributed by atoms with van der Waals surface area (Å²) in [5.74, 6) is 5.29. The van der Waals surface area contributed by atoms with Crippen LogP contribution >= 0.6 is 11.6 Å². The monoisotopic (exact) mass is 180 g/mol. The lowest BCUT2D eigenvalue weighted by atomic mass is 10.1. The zero-order chi connectivity index (χ0) is 8.97. The molecule has 0 saturated carbocycles. The van der Waals surface area contributed by atoms with E-state index in [0.29, 0.717) is 5.02 Å². The minimum atomic E-state index is -0.702. The van der Waals surface area contributed by atoms with Crippen LogP contribution in [0.5, 0.6) is 0 Å². The predicted molar refractivity (Wildman–Crippen MR) is 49.9 cm³/mol. The van der Waals surface area contributed by atoms with Gasteiger partial charge in [0.05, 0.1) is 0 Å². The molecule has 1 nitrogen and oxygen atoms in total. The molecule has 0 saturated heterocycles. The van der Waals surface area contributed by atoms with Crippen molar-refractivity contribution in [3.05, 3.63) is 34.9 Å². The van der Waals surface area contributed by atoms with Crippen molar-refractivity contribution < 1.29 is 5.11 Å². The number of hydrogen-bond acceptors (Lipinski definition) is 1. The van der Waals surface area contributed by atoms with Crippen molar-refractivity contribution in [1.29, 1.82) is 0 Å². The summed E-state index contributed by atoms with van der Waals surface area (Å²) >= 11 is 5.68. The third-order valence-electron chi connectivity index (χ3n) is 1.47. The van der Waals surface area contributed by atoms with Gasteiger partial charge in [-0.1, -0.05) is 29.7 Å². The first kappa shape index (κ1) is 9.12. The summed E-state index contributed by atoms with van der Waals surface area (Å²) < 4.78 is 0. The summed E-state index contributed by atoms with van der Waals surface area (Å²) in [6.45, 7) is 1.69. The van der Waals surface area contributed by atoms with E-state index in [-0.39, 0.29) is 0 Å². The van der Waals surface area contributed by atoms with E-state index in [1.807, 2.05) is 0 Å². The normalized spacial score (nSPS) is 11.6. The number of benzene rings is 1. The fourth-order valence-electron chi connectivity index (χ4n) is 0.865. The first-order valence-corrected chi connectivity index (χ1v) is 3.97. The molecule has 1 unspecified atom stereocenters. The van der Waals surface area contributed by atoms with Gasteiger partial charge < -0.3 is 5.11 Å². The Hall–Kier alpha value is -0.970. The van der Waals surface area contributed by atoms with E-state index in [1.54, 1.807) is 31.2 Å². The third-order valence-corrected chi connectivity index (χ3v) is 1.72. The Kier molecular flexibility index (Phi) is 3.16. The van der Waals surface area contributed by atoms with Crippen molar-refractivity contribution in [2.45, 2.75) is 13.0 Å². The van der Waals surface area contributed by atoms with Crippen LogP contribution in [0.15, 0.2) is 24.3 Å². The molecule has 2 heteroatoms. The van der Waals surface area contributed by atoms with Crippen molar-refractivity contribution >= 4 is 11.6 Å². The molecule has 0 spiro atoms. The van der Waals surface area contributed by atoms with Gasteiger partial charge in [0.15, 0.2) is 0 Å². The van der Waals surface area contributed by atoms with Gasteiger partial charge in [-0.3, -0.25) is 0 Å². The standard InChI is InChI=1S/C10H9ClO/c1-2-3-10(12)8-4-6-9(11)7-5-8/h4-7,10,12H,1H3. The first-order valence-electron chi connectivity index (χ1n) is 3.60. The highest BCUT2D eigenvalue weighted by molar-refractivity contribution is 6.30. The van der Waals surface area contributed by atoms with Crippen LogP contribution in [0.2, 0.25) is 5.02 Å². The van der Waals surface area contributed by atoms with Crippen molar-refractivity contribution in [3.8, 4) is 11.8 Å². The first-order chi connectivity index (χ1) is 5.74. The smallest absolute Gasteiger partial charge is 0.140 e. The average molecular weight is 181 g/mol. The Labute approximate surface area is 77.0 Å². The lowest BCUT2D eigenvalue weighted by Crippen LogP contribution is -1.92. The van der Waals surface area contributed by atoms with Crippen LogP contribution in [0.4, 0.5) is 0 Å². The minimum Gasteiger partial charge on any atom is -0.376 e. The van der Waals surface area contributed by atoms with Gasteiger partial charge in [0, 0.05) is 5.02 Å². The van der Waals surface area contributed by atoms with Gasteiger partial charge in [0.2, 0.25) is 0 Å². The summed E-state index contributed by atoms with van der Waals surface area (Å²) in [7, 11) is 0. The van der Waals surface area contributed by atoms with Crippen LogP contribution in [0.3, 0.4) is 0 Å². The largest absolute Gasteiger partial charge is 0.376 e. The van der Waals surface area contributed by atoms with Gasteiger partial charge in [0.1, 0.15) is 6.10 Å². The molecule has 0 fully saturated rings. The number of rotatable bonds is 1. The molecule has 1 atom stereocenters. The predicted octanol–water partition coefficient (Wildman–Crippen LogP) is 2.40. The molecule has 0 aliphatic rings. The van der Waals surface area contributed by atoms with Crippen LogP contribution in [-0.4, -0.2) is 5.11 Å². The second kappa shape index (κ2) is 4.15. The van der Waals surface area contributed by atoms with Crippen molar-refractivity contribution in [2.24, 2.45) is 0 Å². The molecule has 0 radical (unpaired) electrons. The van der Waals surface area contributed by atoms with Crippen LogP contribution in [0, 0.1) is 11.8 Å². The lowest BCUT2D eigenvalue weighted by Gasteiger charge is -2.02. The molecule has 0 aliphatic heterocycles. The summed E-state index contributed by atoms with van der Waals surface area (Å²) in [5.41, 5.74) is 0.772. The van der Waals surface area contributed by atoms with Crippen molar-refractivity contribution in [2.75, 3.05) is 0 Å². The van der Waals surface area contributed by atoms with Crippen LogP contribution < -0.4 is 0 Å². The number of aliphatic hydroxyl groups is 1. The molecule has 62 valence electrons. The van der Waals surface area contributed by atoms with E-state index in [1.165, 1.54) is 0 Å². The SMILES string of the molecule is CC#CC(O)c1ccc(Cl)cc1. The average Bonchev–Trinajstić information content (AvgIpc) is 2.06. The highest BCUT2D eigenvalue weighted by atomic mass is 35.5. The van der Waals surface area contributed by atoms with E-state index in [2.05, 4.69) is 11.8 Å². The number of halogens is 1. The van der Waals surface area contributed by atoms with Gasteiger partial charge in [0.25, 0.3) is 0 Å². The summed E-state index contributed by atoms with van der Waals surface area (Å²) in [5, 5.41) is 10.1. The second-order valence-corrected chi connectivity index (χ2v) is 2.78. The summed E-state index contributed by atoms with van der Waals surface area (Å²) in [6, 6.07) is 6.99. The number of aliphatic hydroxyl groups excluding tert-OH is 1. The van der Waals surface area contributed by atoms with E-state index in [4.69, 9.17) is 11.6 Å². The van der Waals surface area contributed by atoms with Crippen LogP contribution in [-0.2, 0) is 0 Å². The Bertz CT molecular complexity index is 305. The van der Waals surface area contributed by atoms with Gasteiger partial charge in [-0.15, -0.1) is 5.92 Å². The maximum absolute atomic E-state index is 9.39. The lowest BCUT2D eigenvalue weighted by molar-refractivity contribution is 0.238. The molecule has 0 heterocycles. The van der Waals surface area contributed by atoms with Crippen LogP contribution in [0.1, 0.15) is 18.6 Å². The topological polar surface area (TPSA) is 20.2 Å². The third kappa shape index (κ3) is 2.27. The molecule has 0 aromatic heterocycles. The van der Waals surface area contributed by atoms with E-state index in [9.17, 15) is 5.11 Å². The molecule has 0 bridgehead atoms. The van der Waals surface area contributed by atoms with E-state index in [0.717, 1.165) is 5.56 Å². The van der Waals surface area contributed by atoms with Gasteiger partial charge in [-0.25, -0.2) is 0 Å². The van der Waals surface area contributed by atoms with E-state index >= 15 is 0 Å². The Morgan fingerprint density at radius 3 is 2.42 bits per heavy atom. The maximum Gasteiger partial charge on any atom is 0.140 e. The summed E-state index contributed by atoms with van der Waals surface area (Å²) in [4.78, 5) is 0. The van der Waals surface area contributed by atoms with E-state index < -0.39 is 6.10 Å². The Morgan fingerprint density at radius 1 is 1.33 bits per heavy atom. The zero-order valence-electron chi connectivity index (χ0n) is 6.71. The van der Waals surface area contributed by atoms with Gasteiger partial charge in [-0.05, 0) is 24.6 Å². The molecule has 1 aromatic rings. The van der Waals surface area contributed by atoms with Crippen molar-refractivity contribution in [3.63, 3.8) is 0 Å². The highest BCUT2D eigenvalue weighted by Gasteiger charge is 2.01. The Balaban J connectivity index is 2.87. The maximum atomic E-state index is 9.39. The number of hydrogen-bond donors (Lipinski definition) is 1. The second-order valence-electron chi connectivity index (χ2n) is 2.35.